The van der Waals surface area contributed by atoms with Crippen molar-refractivity contribution in [3.05, 3.63) is 94.5 Å². The van der Waals surface area contributed by atoms with Gasteiger partial charge in [0.25, 0.3) is 0 Å². The Morgan fingerprint density at radius 3 is 2.29 bits per heavy atom. The van der Waals surface area contributed by atoms with E-state index in [4.69, 9.17) is 21.1 Å². The molecule has 0 amide bonds. The lowest BCUT2D eigenvalue weighted by Gasteiger charge is -2.15. The number of alkyl halides is 1. The number of ether oxygens (including phenoxy) is 2. The van der Waals surface area contributed by atoms with Crippen molar-refractivity contribution in [3.8, 4) is 11.1 Å². The van der Waals surface area contributed by atoms with Gasteiger partial charge in [0.1, 0.15) is 0 Å². The summed E-state index contributed by atoms with van der Waals surface area (Å²) < 4.78 is 24.5. The first-order valence-corrected chi connectivity index (χ1v) is 9.63. The van der Waals surface area contributed by atoms with E-state index in [9.17, 15) is 4.39 Å². The Kier molecular flexibility index (Phi) is 7.61. The van der Waals surface area contributed by atoms with E-state index in [2.05, 4.69) is 12.1 Å². The molecular formula is C24H24ClFO2. The lowest BCUT2D eigenvalue weighted by atomic mass is 10.00. The van der Waals surface area contributed by atoms with Gasteiger partial charge in [-0.25, -0.2) is 0 Å². The van der Waals surface area contributed by atoms with Crippen molar-refractivity contribution < 1.29 is 13.9 Å². The van der Waals surface area contributed by atoms with Gasteiger partial charge in [-0.2, -0.15) is 0 Å². The molecule has 4 heteroatoms. The number of benzene rings is 3. The summed E-state index contributed by atoms with van der Waals surface area (Å²) in [6.45, 7) is 0.889. The highest BCUT2D eigenvalue weighted by Crippen LogP contribution is 2.23. The maximum atomic E-state index is 13.5. The molecule has 28 heavy (non-hydrogen) atoms. The molecule has 0 heterocycles. The van der Waals surface area contributed by atoms with Crippen LogP contribution in [-0.2, 0) is 22.7 Å². The highest BCUT2D eigenvalue weighted by atomic mass is 35.5. The molecule has 0 aromatic heterocycles. The smallest absolute Gasteiger partial charge is 0.0985 e. The van der Waals surface area contributed by atoms with Gasteiger partial charge in [0.2, 0.25) is 0 Å². The van der Waals surface area contributed by atoms with Gasteiger partial charge in [-0.05, 0) is 46.0 Å². The van der Waals surface area contributed by atoms with Crippen LogP contribution in [0.5, 0.6) is 0 Å². The van der Waals surface area contributed by atoms with Crippen molar-refractivity contribution in [2.24, 2.45) is 0 Å². The number of halogens is 2. The summed E-state index contributed by atoms with van der Waals surface area (Å²) in [6.07, 6.45) is 0. The van der Waals surface area contributed by atoms with E-state index in [1.54, 1.807) is 7.11 Å². The van der Waals surface area contributed by atoms with Gasteiger partial charge in [-0.3, -0.25) is 4.39 Å². The van der Waals surface area contributed by atoms with Crippen LogP contribution in [0.3, 0.4) is 0 Å². The zero-order chi connectivity index (χ0) is 19.8. The average Bonchev–Trinajstić information content (AvgIpc) is 2.73. The number of rotatable bonds is 9. The topological polar surface area (TPSA) is 18.5 Å². The van der Waals surface area contributed by atoms with E-state index in [1.165, 1.54) is 0 Å². The summed E-state index contributed by atoms with van der Waals surface area (Å²) in [4.78, 5) is 0. The van der Waals surface area contributed by atoms with Gasteiger partial charge in [-0.1, -0.05) is 66.2 Å². The lowest BCUT2D eigenvalue weighted by Crippen LogP contribution is -2.10. The van der Waals surface area contributed by atoms with Crippen LogP contribution < -0.4 is 0 Å². The van der Waals surface area contributed by atoms with Crippen LogP contribution in [0.1, 0.15) is 22.6 Å². The van der Waals surface area contributed by atoms with Crippen molar-refractivity contribution in [2.75, 3.05) is 20.4 Å². The van der Waals surface area contributed by atoms with Crippen molar-refractivity contribution in [3.63, 3.8) is 0 Å². The van der Waals surface area contributed by atoms with Crippen molar-refractivity contribution >= 4 is 11.6 Å². The van der Waals surface area contributed by atoms with Crippen molar-refractivity contribution in [2.45, 2.75) is 19.1 Å². The van der Waals surface area contributed by atoms with E-state index in [0.717, 1.165) is 32.8 Å². The van der Waals surface area contributed by atoms with Gasteiger partial charge in [-0.15, -0.1) is 0 Å². The Labute approximate surface area is 170 Å². The largest absolute Gasteiger partial charge is 0.380 e. The first-order valence-electron chi connectivity index (χ1n) is 9.26. The maximum Gasteiger partial charge on any atom is 0.0985 e. The second-order valence-electron chi connectivity index (χ2n) is 6.75. The summed E-state index contributed by atoms with van der Waals surface area (Å²) >= 11 is 5.96. The van der Waals surface area contributed by atoms with Gasteiger partial charge < -0.3 is 9.47 Å². The summed E-state index contributed by atoms with van der Waals surface area (Å²) in [6, 6.07) is 23.7. The van der Waals surface area contributed by atoms with Crippen LogP contribution in [0.25, 0.3) is 11.1 Å². The first-order chi connectivity index (χ1) is 13.7. The molecule has 0 radical (unpaired) electrons. The SMILES string of the molecule is COCc1ccc(C(CF)COCc2cccc(-c3ccc(Cl)cc3)c2)cc1. The molecule has 0 N–H and O–H groups in total. The summed E-state index contributed by atoms with van der Waals surface area (Å²) in [5, 5.41) is 0.718. The molecule has 3 aromatic carbocycles. The number of methoxy groups -OCH3 is 1. The Hall–Kier alpha value is -2.20. The van der Waals surface area contributed by atoms with Crippen molar-refractivity contribution in [1.29, 1.82) is 0 Å². The van der Waals surface area contributed by atoms with Crippen LogP contribution in [0.15, 0.2) is 72.8 Å². The predicted molar refractivity (Wildman–Crippen MR) is 112 cm³/mol. The molecule has 3 rings (SSSR count). The van der Waals surface area contributed by atoms with Crippen molar-refractivity contribution in [1.82, 2.24) is 0 Å². The fourth-order valence-corrected chi connectivity index (χ4v) is 3.21. The predicted octanol–water partition coefficient (Wildman–Crippen LogP) is 6.42. The summed E-state index contributed by atoms with van der Waals surface area (Å²) in [5.74, 6) is -0.268. The van der Waals surface area contributed by atoms with E-state index in [1.807, 2.05) is 60.7 Å². The Bertz CT molecular complexity index is 863. The third kappa shape index (κ3) is 5.65. The normalized spacial score (nSPS) is 12.1. The molecule has 0 spiro atoms. The molecule has 0 aliphatic heterocycles. The van der Waals surface area contributed by atoms with Crippen LogP contribution in [-0.4, -0.2) is 20.4 Å². The zero-order valence-electron chi connectivity index (χ0n) is 15.9. The Morgan fingerprint density at radius 2 is 1.61 bits per heavy atom. The third-order valence-corrected chi connectivity index (χ3v) is 4.89. The molecule has 1 unspecified atom stereocenters. The Balaban J connectivity index is 1.59. The minimum Gasteiger partial charge on any atom is -0.380 e. The maximum absolute atomic E-state index is 13.5. The number of hydrogen-bond donors (Lipinski definition) is 0. The minimum atomic E-state index is -0.450. The molecule has 146 valence electrons. The second kappa shape index (κ2) is 10.4. The molecule has 0 saturated carbocycles. The molecule has 0 aliphatic rings. The van der Waals surface area contributed by atoms with Gasteiger partial charge in [0.05, 0.1) is 26.5 Å². The van der Waals surface area contributed by atoms with Crippen LogP contribution in [0, 0.1) is 0 Å². The monoisotopic (exact) mass is 398 g/mol. The average molecular weight is 399 g/mol. The highest BCUT2D eigenvalue weighted by Gasteiger charge is 2.12. The molecule has 0 aliphatic carbocycles. The summed E-state index contributed by atoms with van der Waals surface area (Å²) in [7, 11) is 1.66. The molecule has 2 nitrogen and oxygen atoms in total. The van der Waals surface area contributed by atoms with E-state index in [0.29, 0.717) is 19.8 Å². The molecule has 0 fully saturated rings. The molecule has 3 aromatic rings. The summed E-state index contributed by atoms with van der Waals surface area (Å²) in [5.41, 5.74) is 5.28. The molecular weight excluding hydrogens is 375 g/mol. The Morgan fingerprint density at radius 1 is 0.857 bits per heavy atom. The molecule has 1 atom stereocenters. The quantitative estimate of drug-likeness (QED) is 0.414. The van der Waals surface area contributed by atoms with Crippen LogP contribution in [0.2, 0.25) is 5.02 Å². The minimum absolute atomic E-state index is 0.268. The van der Waals surface area contributed by atoms with E-state index in [-0.39, 0.29) is 5.92 Å². The molecule has 0 saturated heterocycles. The van der Waals surface area contributed by atoms with Crippen LogP contribution in [0.4, 0.5) is 4.39 Å². The van der Waals surface area contributed by atoms with Crippen LogP contribution >= 0.6 is 11.6 Å². The fourth-order valence-electron chi connectivity index (χ4n) is 3.08. The lowest BCUT2D eigenvalue weighted by molar-refractivity contribution is 0.0999. The standard InChI is InChI=1S/C24H24ClFO2/c1-27-15-18-5-7-21(8-6-18)23(14-26)17-28-16-19-3-2-4-22(13-19)20-9-11-24(25)12-10-20/h2-13,23H,14-17H2,1H3. The highest BCUT2D eigenvalue weighted by molar-refractivity contribution is 6.30. The zero-order valence-corrected chi connectivity index (χ0v) is 16.7. The van der Waals surface area contributed by atoms with Gasteiger partial charge in [0, 0.05) is 18.1 Å². The van der Waals surface area contributed by atoms with Gasteiger partial charge >= 0.3 is 0 Å². The first kappa shape index (κ1) is 20.5. The van der Waals surface area contributed by atoms with E-state index >= 15 is 0 Å². The second-order valence-corrected chi connectivity index (χ2v) is 7.18. The fraction of sp³-hybridized carbons (Fsp3) is 0.250. The van der Waals surface area contributed by atoms with Gasteiger partial charge in [0.15, 0.2) is 0 Å². The number of hydrogen-bond acceptors (Lipinski definition) is 2. The third-order valence-electron chi connectivity index (χ3n) is 4.64. The molecule has 0 bridgehead atoms. The van der Waals surface area contributed by atoms with E-state index < -0.39 is 6.67 Å².